The minimum Gasteiger partial charge on any atom is -0.228 e. The number of benzene rings is 2. The van der Waals surface area contributed by atoms with E-state index in [0.717, 1.165) is 24.3 Å². The van der Waals surface area contributed by atoms with E-state index in [1.54, 1.807) is 0 Å². The molecule has 0 unspecified atom stereocenters. The van der Waals surface area contributed by atoms with Gasteiger partial charge in [0.15, 0.2) is 9.84 Å². The fourth-order valence-electron chi connectivity index (χ4n) is 1.89. The second-order valence-corrected chi connectivity index (χ2v) is 7.55. The first-order valence-corrected chi connectivity index (χ1v) is 8.65. The van der Waals surface area contributed by atoms with Crippen molar-refractivity contribution in [1.29, 1.82) is 0 Å². The molecule has 0 N–H and O–H groups in total. The van der Waals surface area contributed by atoms with E-state index in [9.17, 15) is 26.0 Å². The van der Waals surface area contributed by atoms with Crippen molar-refractivity contribution < 1.29 is 26.0 Å². The maximum atomic E-state index is 13.7. The highest BCUT2D eigenvalue weighted by atomic mass is 35.5. The van der Waals surface area contributed by atoms with Crippen LogP contribution in [0.3, 0.4) is 0 Å². The molecule has 0 aliphatic heterocycles. The second kappa shape index (κ2) is 6.67. The van der Waals surface area contributed by atoms with E-state index in [0.29, 0.717) is 0 Å². The molecule has 0 bridgehead atoms. The van der Waals surface area contributed by atoms with E-state index < -0.39 is 65.8 Å². The molecule has 0 amide bonds. The van der Waals surface area contributed by atoms with Gasteiger partial charge in [-0.2, -0.15) is 0 Å². The Morgan fingerprint density at radius 2 is 1.09 bits per heavy atom. The van der Waals surface area contributed by atoms with Crippen LogP contribution in [-0.2, 0) is 21.3 Å². The monoisotopic (exact) mass is 386 g/mol. The van der Waals surface area contributed by atoms with Crippen LogP contribution in [0.25, 0.3) is 0 Å². The molecule has 0 fully saturated rings. The van der Waals surface area contributed by atoms with Crippen LogP contribution >= 0.6 is 23.2 Å². The molecule has 0 aromatic heterocycles. The Kier molecular flexibility index (Phi) is 5.23. The third kappa shape index (κ3) is 3.97. The van der Waals surface area contributed by atoms with Crippen LogP contribution in [0, 0.1) is 23.3 Å². The predicted molar refractivity (Wildman–Crippen MR) is 79.1 cm³/mol. The first-order valence-electron chi connectivity index (χ1n) is 6.07. The van der Waals surface area contributed by atoms with E-state index in [1.165, 1.54) is 0 Å². The standard InChI is InChI=1S/C14H8Cl2F4O2S/c15-9-1-3-11(17)7(13(9)19)5-23(21,22)6-8-12(18)4-2-10(16)14(8)20/h1-4H,5-6H2. The maximum Gasteiger partial charge on any atom is 0.159 e. The lowest BCUT2D eigenvalue weighted by Gasteiger charge is -2.10. The summed E-state index contributed by atoms with van der Waals surface area (Å²) in [5.74, 6) is -6.91. The summed E-state index contributed by atoms with van der Waals surface area (Å²) in [7, 11) is -4.29. The SMILES string of the molecule is O=S(=O)(Cc1c(F)ccc(Cl)c1F)Cc1c(F)ccc(Cl)c1F. The Hall–Kier alpha value is -1.31. The molecule has 2 aromatic rings. The minimum absolute atomic E-state index is 0.461. The van der Waals surface area contributed by atoms with Gasteiger partial charge in [-0.05, 0) is 24.3 Å². The summed E-state index contributed by atoms with van der Waals surface area (Å²) in [5.41, 5.74) is -1.58. The molecular formula is C14H8Cl2F4O2S. The molecule has 0 aliphatic rings. The van der Waals surface area contributed by atoms with Gasteiger partial charge in [-0.1, -0.05) is 23.2 Å². The maximum absolute atomic E-state index is 13.7. The molecule has 0 radical (unpaired) electrons. The van der Waals surface area contributed by atoms with Gasteiger partial charge in [-0.15, -0.1) is 0 Å². The highest BCUT2D eigenvalue weighted by Crippen LogP contribution is 2.27. The number of sulfone groups is 1. The Bertz CT molecular complexity index is 804. The van der Waals surface area contributed by atoms with Gasteiger partial charge in [-0.3, -0.25) is 0 Å². The number of halogens is 6. The van der Waals surface area contributed by atoms with Crippen molar-refractivity contribution in [2.45, 2.75) is 11.5 Å². The van der Waals surface area contributed by atoms with E-state index in [-0.39, 0.29) is 0 Å². The van der Waals surface area contributed by atoms with Gasteiger partial charge in [0, 0.05) is 11.1 Å². The quantitative estimate of drug-likeness (QED) is 0.565. The van der Waals surface area contributed by atoms with Gasteiger partial charge < -0.3 is 0 Å². The Morgan fingerprint density at radius 1 is 0.739 bits per heavy atom. The normalized spacial score (nSPS) is 11.7. The highest BCUT2D eigenvalue weighted by Gasteiger charge is 2.24. The third-order valence-electron chi connectivity index (χ3n) is 3.01. The first-order chi connectivity index (χ1) is 10.6. The van der Waals surface area contributed by atoms with Crippen LogP contribution in [0.4, 0.5) is 17.6 Å². The molecule has 0 saturated carbocycles. The summed E-state index contributed by atoms with van der Waals surface area (Å²) in [6.45, 7) is 0. The van der Waals surface area contributed by atoms with E-state index in [2.05, 4.69) is 0 Å². The molecule has 0 atom stereocenters. The fourth-order valence-corrected chi connectivity index (χ4v) is 3.76. The van der Waals surface area contributed by atoms with Crippen molar-refractivity contribution in [3.8, 4) is 0 Å². The topological polar surface area (TPSA) is 34.1 Å². The van der Waals surface area contributed by atoms with Gasteiger partial charge in [0.1, 0.15) is 23.3 Å². The lowest BCUT2D eigenvalue weighted by atomic mass is 10.2. The Balaban J connectivity index is 2.39. The molecule has 9 heteroatoms. The largest absolute Gasteiger partial charge is 0.228 e. The van der Waals surface area contributed by atoms with Crippen LogP contribution < -0.4 is 0 Å². The smallest absolute Gasteiger partial charge is 0.159 e. The molecule has 124 valence electrons. The zero-order valence-corrected chi connectivity index (χ0v) is 13.5. The number of hydrogen-bond acceptors (Lipinski definition) is 2. The van der Waals surface area contributed by atoms with Crippen molar-refractivity contribution in [3.63, 3.8) is 0 Å². The van der Waals surface area contributed by atoms with E-state index in [1.807, 2.05) is 0 Å². The molecule has 0 spiro atoms. The molecular weight excluding hydrogens is 379 g/mol. The molecule has 0 heterocycles. The molecule has 0 saturated heterocycles. The van der Waals surface area contributed by atoms with Crippen LogP contribution in [0.1, 0.15) is 11.1 Å². The summed E-state index contributed by atoms with van der Waals surface area (Å²) in [5, 5.41) is -0.923. The van der Waals surface area contributed by atoms with Crippen molar-refractivity contribution in [2.75, 3.05) is 0 Å². The van der Waals surface area contributed by atoms with Gasteiger partial charge in [0.2, 0.25) is 0 Å². The molecule has 2 nitrogen and oxygen atoms in total. The van der Waals surface area contributed by atoms with Crippen LogP contribution in [0.15, 0.2) is 24.3 Å². The zero-order chi connectivity index (χ0) is 17.4. The predicted octanol–water partition coefficient (Wildman–Crippen LogP) is 4.66. The second-order valence-electron chi connectivity index (χ2n) is 4.68. The lowest BCUT2D eigenvalue weighted by Crippen LogP contribution is -2.13. The summed E-state index contributed by atoms with van der Waals surface area (Å²) >= 11 is 10.9. The van der Waals surface area contributed by atoms with Gasteiger partial charge in [-0.25, -0.2) is 26.0 Å². The minimum atomic E-state index is -4.29. The Morgan fingerprint density at radius 3 is 1.43 bits per heavy atom. The van der Waals surface area contributed by atoms with E-state index >= 15 is 0 Å². The van der Waals surface area contributed by atoms with Crippen molar-refractivity contribution in [2.24, 2.45) is 0 Å². The van der Waals surface area contributed by atoms with Gasteiger partial charge in [0.05, 0.1) is 21.6 Å². The van der Waals surface area contributed by atoms with Crippen molar-refractivity contribution in [3.05, 3.63) is 68.7 Å². The fraction of sp³-hybridized carbons (Fsp3) is 0.143. The van der Waals surface area contributed by atoms with Gasteiger partial charge >= 0.3 is 0 Å². The molecule has 2 aromatic carbocycles. The summed E-state index contributed by atoms with van der Waals surface area (Å²) in [4.78, 5) is 0. The van der Waals surface area contributed by atoms with Gasteiger partial charge in [0.25, 0.3) is 0 Å². The average Bonchev–Trinajstić information content (AvgIpc) is 2.48. The van der Waals surface area contributed by atoms with Crippen LogP contribution in [0.2, 0.25) is 10.0 Å². The summed E-state index contributed by atoms with van der Waals surface area (Å²) in [6.07, 6.45) is 0. The van der Waals surface area contributed by atoms with E-state index in [4.69, 9.17) is 23.2 Å². The first kappa shape index (κ1) is 18.0. The molecule has 2 rings (SSSR count). The highest BCUT2D eigenvalue weighted by molar-refractivity contribution is 7.89. The van der Waals surface area contributed by atoms with Crippen LogP contribution in [-0.4, -0.2) is 8.42 Å². The third-order valence-corrected chi connectivity index (χ3v) is 5.05. The lowest BCUT2D eigenvalue weighted by molar-refractivity contribution is 0.548. The van der Waals surface area contributed by atoms with Crippen molar-refractivity contribution in [1.82, 2.24) is 0 Å². The zero-order valence-electron chi connectivity index (χ0n) is 11.2. The number of hydrogen-bond donors (Lipinski definition) is 0. The summed E-state index contributed by atoms with van der Waals surface area (Å²) < 4.78 is 78.8. The van der Waals surface area contributed by atoms with Crippen LogP contribution in [0.5, 0.6) is 0 Å². The molecule has 23 heavy (non-hydrogen) atoms. The Labute approximate surface area is 139 Å². The average molecular weight is 387 g/mol. The molecule has 0 aliphatic carbocycles. The van der Waals surface area contributed by atoms with Crippen molar-refractivity contribution >= 4 is 33.0 Å². The summed E-state index contributed by atoms with van der Waals surface area (Å²) in [6, 6.07) is 3.46. The number of rotatable bonds is 4.